The van der Waals surface area contributed by atoms with Gasteiger partial charge in [0.1, 0.15) is 6.10 Å². The van der Waals surface area contributed by atoms with Crippen LogP contribution < -0.4 is 0 Å². The van der Waals surface area contributed by atoms with E-state index in [0.29, 0.717) is 6.42 Å². The first-order valence-corrected chi connectivity index (χ1v) is 4.19. The molecule has 0 aliphatic heterocycles. The molecule has 0 amide bonds. The number of aliphatic hydroxyl groups is 3. The maximum Gasteiger partial charge on any atom is 0.103 e. The highest BCUT2D eigenvalue weighted by Crippen LogP contribution is 2.05. The Bertz CT molecular complexity index is 85.8. The minimum absolute atomic E-state index is 0. The third-order valence-corrected chi connectivity index (χ3v) is 1.73. The molecule has 3 nitrogen and oxygen atoms in total. The van der Waals surface area contributed by atoms with E-state index in [0.717, 1.165) is 19.3 Å². The van der Waals surface area contributed by atoms with Gasteiger partial charge in [-0.2, -0.15) is 0 Å². The SMILES string of the molecule is CCCCCC(O)[C@@H](O)CO.[C]. The molecule has 72 valence electrons. The van der Waals surface area contributed by atoms with Crippen LogP contribution in [0.15, 0.2) is 0 Å². The third kappa shape index (κ3) is 6.58. The molecule has 0 heterocycles. The molecule has 0 aromatic rings. The van der Waals surface area contributed by atoms with Gasteiger partial charge in [-0.25, -0.2) is 0 Å². The quantitative estimate of drug-likeness (QED) is 0.510. The lowest BCUT2D eigenvalue weighted by Crippen LogP contribution is -2.28. The van der Waals surface area contributed by atoms with Crippen molar-refractivity contribution in [3.05, 3.63) is 7.43 Å². The van der Waals surface area contributed by atoms with Crippen LogP contribution in [0.1, 0.15) is 32.6 Å². The second-order valence-electron chi connectivity index (χ2n) is 2.81. The second kappa shape index (κ2) is 8.97. The van der Waals surface area contributed by atoms with Crippen molar-refractivity contribution in [1.82, 2.24) is 0 Å². The molecule has 3 heteroatoms. The number of rotatable bonds is 6. The number of unbranched alkanes of at least 4 members (excludes halogenated alkanes) is 2. The molecule has 12 heavy (non-hydrogen) atoms. The van der Waals surface area contributed by atoms with Crippen molar-refractivity contribution in [1.29, 1.82) is 0 Å². The van der Waals surface area contributed by atoms with Gasteiger partial charge in [-0.15, -0.1) is 0 Å². The maximum atomic E-state index is 9.13. The van der Waals surface area contributed by atoms with E-state index in [1.165, 1.54) is 0 Å². The number of hydrogen-bond acceptors (Lipinski definition) is 3. The minimum atomic E-state index is -0.966. The van der Waals surface area contributed by atoms with E-state index in [1.807, 2.05) is 0 Å². The molecule has 0 bridgehead atoms. The van der Waals surface area contributed by atoms with Gasteiger partial charge in [-0.1, -0.05) is 26.2 Å². The summed E-state index contributed by atoms with van der Waals surface area (Å²) < 4.78 is 0. The normalized spacial score (nSPS) is 15.0. The molecule has 2 atom stereocenters. The lowest BCUT2D eigenvalue weighted by atomic mass is 10.1. The Balaban J connectivity index is 0. The van der Waals surface area contributed by atoms with Gasteiger partial charge >= 0.3 is 0 Å². The molecule has 0 aromatic heterocycles. The van der Waals surface area contributed by atoms with Gasteiger partial charge in [0.2, 0.25) is 0 Å². The van der Waals surface area contributed by atoms with Crippen LogP contribution in [0.5, 0.6) is 0 Å². The molecule has 1 unspecified atom stereocenters. The highest BCUT2D eigenvalue weighted by Gasteiger charge is 2.13. The first-order valence-electron chi connectivity index (χ1n) is 4.19. The van der Waals surface area contributed by atoms with Crippen molar-refractivity contribution in [3.63, 3.8) is 0 Å². The molecule has 3 N–H and O–H groups in total. The molecule has 0 saturated carbocycles. The Kier molecular flexibility index (Phi) is 10.8. The van der Waals surface area contributed by atoms with Crippen LogP contribution in [-0.2, 0) is 0 Å². The van der Waals surface area contributed by atoms with Crippen molar-refractivity contribution in [2.24, 2.45) is 0 Å². The van der Waals surface area contributed by atoms with Crippen molar-refractivity contribution in [2.45, 2.75) is 44.8 Å². The lowest BCUT2D eigenvalue weighted by Gasteiger charge is -2.14. The van der Waals surface area contributed by atoms with Crippen molar-refractivity contribution in [3.8, 4) is 0 Å². The molecular formula is C9H18O3. The first kappa shape index (κ1) is 14.4. The van der Waals surface area contributed by atoms with E-state index in [-0.39, 0.29) is 14.0 Å². The first-order chi connectivity index (χ1) is 5.22. The van der Waals surface area contributed by atoms with Crippen molar-refractivity contribution in [2.75, 3.05) is 6.61 Å². The van der Waals surface area contributed by atoms with E-state index in [1.54, 1.807) is 0 Å². The van der Waals surface area contributed by atoms with Crippen LogP contribution in [0.3, 0.4) is 0 Å². The van der Waals surface area contributed by atoms with Crippen LogP contribution in [0.4, 0.5) is 0 Å². The highest BCUT2D eigenvalue weighted by molar-refractivity contribution is 4.65. The highest BCUT2D eigenvalue weighted by atomic mass is 16.4. The van der Waals surface area contributed by atoms with E-state index in [4.69, 9.17) is 15.3 Å². The summed E-state index contributed by atoms with van der Waals surface area (Å²) in [6, 6.07) is 0. The van der Waals surface area contributed by atoms with Gasteiger partial charge in [-0.05, 0) is 6.42 Å². The predicted molar refractivity (Wildman–Crippen MR) is 46.5 cm³/mol. The summed E-state index contributed by atoms with van der Waals surface area (Å²) in [5.41, 5.74) is 0. The van der Waals surface area contributed by atoms with Crippen molar-refractivity contribution < 1.29 is 15.3 Å². The zero-order valence-electron chi connectivity index (χ0n) is 7.53. The Labute approximate surface area is 75.0 Å². The largest absolute Gasteiger partial charge is 0.394 e. The van der Waals surface area contributed by atoms with Crippen LogP contribution in [0.25, 0.3) is 0 Å². The topological polar surface area (TPSA) is 60.7 Å². The Hall–Kier alpha value is -0.120. The molecule has 0 saturated heterocycles. The van der Waals surface area contributed by atoms with E-state index < -0.39 is 12.2 Å². The molecule has 0 spiro atoms. The van der Waals surface area contributed by atoms with Gasteiger partial charge in [0.15, 0.2) is 0 Å². The van der Waals surface area contributed by atoms with Gasteiger partial charge in [0, 0.05) is 7.43 Å². The summed E-state index contributed by atoms with van der Waals surface area (Å²) in [6.45, 7) is 1.72. The third-order valence-electron chi connectivity index (χ3n) is 1.73. The lowest BCUT2D eigenvalue weighted by molar-refractivity contribution is -0.0185. The average Bonchev–Trinajstić information content (AvgIpc) is 2.03. The summed E-state index contributed by atoms with van der Waals surface area (Å²) in [5.74, 6) is 0. The average molecular weight is 174 g/mol. The summed E-state index contributed by atoms with van der Waals surface area (Å²) in [6.07, 6.45) is 1.93. The van der Waals surface area contributed by atoms with E-state index >= 15 is 0 Å². The monoisotopic (exact) mass is 174 g/mol. The number of aliphatic hydroxyl groups excluding tert-OH is 3. The maximum absolute atomic E-state index is 9.13. The smallest absolute Gasteiger partial charge is 0.103 e. The summed E-state index contributed by atoms with van der Waals surface area (Å²) in [7, 11) is 0. The second-order valence-corrected chi connectivity index (χ2v) is 2.81. The fraction of sp³-hybridized carbons (Fsp3) is 0.889. The molecule has 4 radical (unpaired) electrons. The number of hydrogen-bond donors (Lipinski definition) is 3. The molecule has 0 aromatic carbocycles. The fourth-order valence-corrected chi connectivity index (χ4v) is 0.918. The molecule has 0 aliphatic carbocycles. The fourth-order valence-electron chi connectivity index (χ4n) is 0.918. The van der Waals surface area contributed by atoms with Crippen LogP contribution in [-0.4, -0.2) is 34.1 Å². The summed E-state index contributed by atoms with van der Waals surface area (Å²) in [5, 5.41) is 26.5. The van der Waals surface area contributed by atoms with Gasteiger partial charge < -0.3 is 15.3 Å². The van der Waals surface area contributed by atoms with Crippen LogP contribution in [0.2, 0.25) is 0 Å². The van der Waals surface area contributed by atoms with Gasteiger partial charge in [0.25, 0.3) is 0 Å². The Morgan fingerprint density at radius 3 is 2.08 bits per heavy atom. The standard InChI is InChI=1S/C8H18O3.C/c1-2-3-4-5-7(10)8(11)6-9;/h7-11H,2-6H2,1H3;/t7?,8-;/m0./s1. The van der Waals surface area contributed by atoms with Crippen LogP contribution >= 0.6 is 0 Å². The Morgan fingerprint density at radius 1 is 1.08 bits per heavy atom. The molecule has 0 rings (SSSR count). The molecule has 0 fully saturated rings. The van der Waals surface area contributed by atoms with E-state index in [2.05, 4.69) is 6.92 Å². The molecule has 0 aliphatic rings. The minimum Gasteiger partial charge on any atom is -0.394 e. The van der Waals surface area contributed by atoms with E-state index in [9.17, 15) is 0 Å². The summed E-state index contributed by atoms with van der Waals surface area (Å²) in [4.78, 5) is 0. The Morgan fingerprint density at radius 2 is 1.67 bits per heavy atom. The van der Waals surface area contributed by atoms with Crippen LogP contribution in [0, 0.1) is 7.43 Å². The van der Waals surface area contributed by atoms with Gasteiger partial charge in [-0.3, -0.25) is 0 Å². The van der Waals surface area contributed by atoms with Gasteiger partial charge in [0.05, 0.1) is 12.7 Å². The molecular weight excluding hydrogens is 156 g/mol. The van der Waals surface area contributed by atoms with Crippen molar-refractivity contribution >= 4 is 0 Å². The zero-order chi connectivity index (χ0) is 8.69. The zero-order valence-corrected chi connectivity index (χ0v) is 7.53. The predicted octanol–water partition coefficient (Wildman–Crippen LogP) is 0.362. The summed E-state index contributed by atoms with van der Waals surface area (Å²) >= 11 is 0.